The van der Waals surface area contributed by atoms with Crippen molar-refractivity contribution < 1.29 is 4.74 Å². The molecule has 1 aliphatic heterocycles. The van der Waals surface area contributed by atoms with Crippen LogP contribution in [0.25, 0.3) is 38.6 Å². The van der Waals surface area contributed by atoms with Gasteiger partial charge in [-0.1, -0.05) is 24.8 Å². The quantitative estimate of drug-likeness (QED) is 0.601. The number of morpholine rings is 1. The first kappa shape index (κ1) is 15.5. The van der Waals surface area contributed by atoms with Gasteiger partial charge in [0.15, 0.2) is 11.6 Å². The van der Waals surface area contributed by atoms with Gasteiger partial charge >= 0.3 is 0 Å². The van der Waals surface area contributed by atoms with E-state index in [2.05, 4.69) is 27.7 Å². The predicted molar refractivity (Wildman–Crippen MR) is 106 cm³/mol. The van der Waals surface area contributed by atoms with Crippen molar-refractivity contribution in [2.45, 2.75) is 0 Å². The number of fused-ring (bicyclic) bond motifs is 2. The molecule has 0 saturated carbocycles. The van der Waals surface area contributed by atoms with Gasteiger partial charge in [-0.15, -0.1) is 11.3 Å². The van der Waals surface area contributed by atoms with Crippen molar-refractivity contribution in [1.29, 1.82) is 0 Å². The molecule has 4 aromatic rings. The Morgan fingerprint density at radius 1 is 1.23 bits per heavy atom. The van der Waals surface area contributed by atoms with E-state index in [1.54, 1.807) is 11.3 Å². The van der Waals surface area contributed by atoms with E-state index in [1.807, 2.05) is 30.5 Å². The smallest absolute Gasteiger partial charge is 0.162 e. The van der Waals surface area contributed by atoms with Crippen molar-refractivity contribution in [3.05, 3.63) is 41.9 Å². The molecule has 4 heterocycles. The summed E-state index contributed by atoms with van der Waals surface area (Å²) in [5.74, 6) is 1.70. The van der Waals surface area contributed by atoms with Crippen LogP contribution in [0.2, 0.25) is 0 Å². The molecule has 26 heavy (non-hydrogen) atoms. The van der Waals surface area contributed by atoms with Crippen molar-refractivity contribution in [1.82, 2.24) is 20.2 Å². The number of ether oxygens (including phenoxy) is 1. The molecule has 0 atom stereocenters. The number of nitrogens with zero attached hydrogens (tertiary/aromatic N) is 4. The molecule has 1 aromatic carbocycles. The Morgan fingerprint density at radius 3 is 2.96 bits per heavy atom. The first-order valence-electron chi connectivity index (χ1n) is 8.52. The zero-order valence-electron chi connectivity index (χ0n) is 14.1. The summed E-state index contributed by atoms with van der Waals surface area (Å²) in [4.78, 5) is 13.2. The van der Waals surface area contributed by atoms with Crippen LogP contribution in [0.4, 0.5) is 5.82 Å². The maximum absolute atomic E-state index is 5.51. The van der Waals surface area contributed by atoms with Crippen LogP contribution in [0.1, 0.15) is 4.88 Å². The van der Waals surface area contributed by atoms with E-state index in [4.69, 9.17) is 14.7 Å². The molecule has 5 rings (SSSR count). The third kappa shape index (κ3) is 2.48. The molecule has 130 valence electrons. The third-order valence-corrected chi connectivity index (χ3v) is 5.73. The van der Waals surface area contributed by atoms with Gasteiger partial charge in [0, 0.05) is 28.9 Å². The number of hydrogen-bond acceptors (Lipinski definition) is 6. The summed E-state index contributed by atoms with van der Waals surface area (Å²) < 4.78 is 6.61. The zero-order chi connectivity index (χ0) is 17.5. The van der Waals surface area contributed by atoms with Gasteiger partial charge in [0.1, 0.15) is 0 Å². The van der Waals surface area contributed by atoms with Gasteiger partial charge in [-0.2, -0.15) is 5.10 Å². The summed E-state index contributed by atoms with van der Waals surface area (Å²) in [6, 6.07) is 8.13. The molecule has 1 N–H and O–H groups in total. The van der Waals surface area contributed by atoms with Crippen molar-refractivity contribution >= 4 is 44.4 Å². The minimum absolute atomic E-state index is 0.720. The lowest BCUT2D eigenvalue weighted by Crippen LogP contribution is -2.36. The number of benzene rings is 1. The lowest BCUT2D eigenvalue weighted by Gasteiger charge is -2.28. The molecule has 1 aliphatic rings. The molecular formula is C19H17N5OS. The van der Waals surface area contributed by atoms with Crippen LogP contribution in [0.3, 0.4) is 0 Å². The fraction of sp³-hybridized carbons (Fsp3) is 0.211. The largest absolute Gasteiger partial charge is 0.378 e. The second-order valence-electron chi connectivity index (χ2n) is 6.17. The van der Waals surface area contributed by atoms with E-state index < -0.39 is 0 Å². The number of thiophene rings is 1. The number of aromatic nitrogens is 4. The highest BCUT2D eigenvalue weighted by molar-refractivity contribution is 7.20. The Morgan fingerprint density at radius 2 is 2.12 bits per heavy atom. The van der Waals surface area contributed by atoms with Crippen molar-refractivity contribution in [2.75, 3.05) is 31.2 Å². The van der Waals surface area contributed by atoms with Crippen LogP contribution < -0.4 is 4.90 Å². The van der Waals surface area contributed by atoms with Crippen LogP contribution in [-0.2, 0) is 4.74 Å². The lowest BCUT2D eigenvalue weighted by molar-refractivity contribution is 0.122. The molecule has 0 unspecified atom stereocenters. The molecule has 7 heteroatoms. The summed E-state index contributed by atoms with van der Waals surface area (Å²) in [5, 5.41) is 8.20. The summed E-state index contributed by atoms with van der Waals surface area (Å²) in [5.41, 5.74) is 2.92. The average molecular weight is 363 g/mol. The van der Waals surface area contributed by atoms with Crippen LogP contribution in [0, 0.1) is 0 Å². The molecule has 0 amide bonds. The first-order chi connectivity index (χ1) is 12.8. The standard InChI is InChI=1S/C19H17N5OS/c1-2-12-10-16-17(26-12)19(24-6-8-25-9-7-24)22-18(21-16)13-4-3-5-15-14(13)11-20-23-15/h2-5,10-11H,1,6-9H2,(H,20,23). The summed E-state index contributed by atoms with van der Waals surface area (Å²) >= 11 is 1.68. The maximum Gasteiger partial charge on any atom is 0.162 e. The van der Waals surface area contributed by atoms with Gasteiger partial charge in [-0.3, -0.25) is 5.10 Å². The van der Waals surface area contributed by atoms with E-state index >= 15 is 0 Å². The number of rotatable bonds is 3. The van der Waals surface area contributed by atoms with Gasteiger partial charge in [-0.25, -0.2) is 9.97 Å². The fourth-order valence-corrected chi connectivity index (χ4v) is 4.27. The molecule has 0 radical (unpaired) electrons. The van der Waals surface area contributed by atoms with E-state index in [-0.39, 0.29) is 0 Å². The van der Waals surface area contributed by atoms with Crippen LogP contribution >= 0.6 is 11.3 Å². The molecule has 3 aromatic heterocycles. The van der Waals surface area contributed by atoms with Crippen LogP contribution in [0.15, 0.2) is 37.0 Å². The van der Waals surface area contributed by atoms with Gasteiger partial charge in [0.2, 0.25) is 0 Å². The molecular weight excluding hydrogens is 346 g/mol. The molecule has 0 bridgehead atoms. The Labute approximate surface area is 154 Å². The predicted octanol–water partition coefficient (Wildman–Crippen LogP) is 3.71. The van der Waals surface area contributed by atoms with Crippen molar-refractivity contribution in [3.63, 3.8) is 0 Å². The first-order valence-corrected chi connectivity index (χ1v) is 9.34. The highest BCUT2D eigenvalue weighted by Crippen LogP contribution is 2.36. The number of H-pyrrole nitrogens is 1. The highest BCUT2D eigenvalue weighted by atomic mass is 32.1. The van der Waals surface area contributed by atoms with E-state index in [0.717, 1.165) is 69.5 Å². The number of anilines is 1. The number of nitrogens with one attached hydrogen (secondary N) is 1. The molecule has 6 nitrogen and oxygen atoms in total. The lowest BCUT2D eigenvalue weighted by atomic mass is 10.1. The monoisotopic (exact) mass is 363 g/mol. The topological polar surface area (TPSA) is 66.9 Å². The van der Waals surface area contributed by atoms with Gasteiger partial charge < -0.3 is 9.64 Å². The number of hydrogen-bond donors (Lipinski definition) is 1. The third-order valence-electron chi connectivity index (χ3n) is 4.61. The Hall–Kier alpha value is -2.77. The van der Waals surface area contributed by atoms with E-state index in [9.17, 15) is 0 Å². The Bertz CT molecular complexity index is 1110. The minimum atomic E-state index is 0.720. The molecule has 0 aliphatic carbocycles. The minimum Gasteiger partial charge on any atom is -0.378 e. The van der Waals surface area contributed by atoms with E-state index in [1.165, 1.54) is 0 Å². The molecule has 1 fully saturated rings. The van der Waals surface area contributed by atoms with Crippen LogP contribution in [0.5, 0.6) is 0 Å². The molecule has 1 saturated heterocycles. The van der Waals surface area contributed by atoms with Crippen molar-refractivity contribution in [3.8, 4) is 11.4 Å². The van der Waals surface area contributed by atoms with Gasteiger partial charge in [-0.05, 0) is 12.1 Å². The SMILES string of the molecule is C=Cc1cc2nc(-c3cccc4[nH]ncc34)nc(N3CCOCC3)c2s1. The van der Waals surface area contributed by atoms with Crippen LogP contribution in [-0.4, -0.2) is 46.5 Å². The highest BCUT2D eigenvalue weighted by Gasteiger charge is 2.20. The Balaban J connectivity index is 1.75. The summed E-state index contributed by atoms with van der Waals surface area (Å²) in [6.07, 6.45) is 3.70. The summed E-state index contributed by atoms with van der Waals surface area (Å²) in [7, 11) is 0. The number of aromatic amines is 1. The van der Waals surface area contributed by atoms with Gasteiger partial charge in [0.25, 0.3) is 0 Å². The van der Waals surface area contributed by atoms with Gasteiger partial charge in [0.05, 0.1) is 35.1 Å². The van der Waals surface area contributed by atoms with E-state index in [0.29, 0.717) is 0 Å². The average Bonchev–Trinajstić information content (AvgIpc) is 3.34. The zero-order valence-corrected chi connectivity index (χ0v) is 14.9. The fourth-order valence-electron chi connectivity index (χ4n) is 3.31. The second kappa shape index (κ2) is 6.19. The normalized spacial score (nSPS) is 15.0. The maximum atomic E-state index is 5.51. The molecule has 0 spiro atoms. The Kier molecular flexibility index (Phi) is 3.69. The second-order valence-corrected chi connectivity index (χ2v) is 7.26. The van der Waals surface area contributed by atoms with Crippen molar-refractivity contribution in [2.24, 2.45) is 0 Å². The summed E-state index contributed by atoms with van der Waals surface area (Å²) in [6.45, 7) is 7.01.